The number of hydrogen-bond donors (Lipinski definition) is 2. The molecule has 3 rings (SSSR count). The molecule has 0 fully saturated rings. The molecule has 3 aromatic heterocycles. The first-order chi connectivity index (χ1) is 11.7. The number of nitrogens with one attached hydrogen (secondary N) is 2. The molecule has 0 saturated carbocycles. The Morgan fingerprint density at radius 2 is 2.04 bits per heavy atom. The van der Waals surface area contributed by atoms with Gasteiger partial charge in [-0.2, -0.15) is 0 Å². The number of carbonyl (C=O) groups excluding carboxylic acids is 2. The topological polar surface area (TPSA) is 71.3 Å². The molecule has 3 aromatic rings. The van der Waals surface area contributed by atoms with Crippen LogP contribution in [0, 0.1) is 0 Å². The van der Waals surface area contributed by atoms with E-state index in [0.29, 0.717) is 9.88 Å². The molecule has 0 bridgehead atoms. The van der Waals surface area contributed by atoms with Crippen LogP contribution in [0.1, 0.15) is 44.5 Å². The van der Waals surface area contributed by atoms with Gasteiger partial charge in [0.25, 0.3) is 11.8 Å². The maximum atomic E-state index is 12.4. The molecule has 0 spiro atoms. The molecule has 0 radical (unpaired) electrons. The van der Waals surface area contributed by atoms with Crippen LogP contribution in [0.5, 0.6) is 0 Å². The SMILES string of the molecule is CCC(NC(=O)c1ccc(NC(=O)c2ccco2)s1)c1cccs1. The van der Waals surface area contributed by atoms with Gasteiger partial charge in [-0.15, -0.1) is 22.7 Å². The predicted octanol–water partition coefficient (Wildman–Crippen LogP) is 4.54. The standard InChI is InChI=1S/C17H16N2O3S2/c1-2-11(13-6-4-10-23-13)18-17(21)14-7-8-15(24-14)19-16(20)12-5-3-9-22-12/h3-11H,2H2,1H3,(H,18,21)(H,19,20). The van der Waals surface area contributed by atoms with Crippen LogP contribution in [-0.4, -0.2) is 11.8 Å². The lowest BCUT2D eigenvalue weighted by molar-refractivity contribution is 0.0939. The van der Waals surface area contributed by atoms with E-state index in [9.17, 15) is 9.59 Å². The monoisotopic (exact) mass is 360 g/mol. The number of thiophene rings is 2. The van der Waals surface area contributed by atoms with Crippen molar-refractivity contribution in [2.75, 3.05) is 5.32 Å². The fraction of sp³-hybridized carbons (Fsp3) is 0.176. The van der Waals surface area contributed by atoms with Gasteiger partial charge in [0.15, 0.2) is 5.76 Å². The molecule has 7 heteroatoms. The first-order valence-corrected chi connectivity index (χ1v) is 9.16. The minimum atomic E-state index is -0.334. The molecule has 0 saturated heterocycles. The minimum absolute atomic E-state index is 0.000704. The molecule has 5 nitrogen and oxygen atoms in total. The molecule has 1 unspecified atom stereocenters. The molecule has 0 aliphatic rings. The molecular weight excluding hydrogens is 344 g/mol. The molecular formula is C17H16N2O3S2. The Labute approximate surface area is 147 Å². The van der Waals surface area contributed by atoms with E-state index < -0.39 is 0 Å². The molecule has 0 aliphatic carbocycles. The van der Waals surface area contributed by atoms with Crippen LogP contribution in [0.15, 0.2) is 52.5 Å². The predicted molar refractivity (Wildman–Crippen MR) is 95.8 cm³/mol. The summed E-state index contributed by atoms with van der Waals surface area (Å²) in [4.78, 5) is 26.0. The van der Waals surface area contributed by atoms with Gasteiger partial charge in [-0.3, -0.25) is 9.59 Å². The second-order valence-electron chi connectivity index (χ2n) is 5.05. The van der Waals surface area contributed by atoms with E-state index in [-0.39, 0.29) is 23.6 Å². The van der Waals surface area contributed by atoms with Gasteiger partial charge in [-0.25, -0.2) is 0 Å². The van der Waals surface area contributed by atoms with Crippen molar-refractivity contribution in [3.63, 3.8) is 0 Å². The van der Waals surface area contributed by atoms with Gasteiger partial charge in [-0.1, -0.05) is 13.0 Å². The summed E-state index contributed by atoms with van der Waals surface area (Å²) in [6, 6.07) is 10.7. The smallest absolute Gasteiger partial charge is 0.291 e. The van der Waals surface area contributed by atoms with Crippen LogP contribution in [-0.2, 0) is 0 Å². The summed E-state index contributed by atoms with van der Waals surface area (Å²) < 4.78 is 5.04. The Morgan fingerprint density at radius 3 is 2.71 bits per heavy atom. The number of amides is 2. The number of hydrogen-bond acceptors (Lipinski definition) is 5. The third-order valence-electron chi connectivity index (χ3n) is 3.41. The number of rotatable bonds is 6. The van der Waals surface area contributed by atoms with Gasteiger partial charge in [0.2, 0.25) is 0 Å². The highest BCUT2D eigenvalue weighted by molar-refractivity contribution is 7.18. The van der Waals surface area contributed by atoms with Crippen molar-refractivity contribution in [1.82, 2.24) is 5.32 Å². The molecule has 2 amide bonds. The molecule has 24 heavy (non-hydrogen) atoms. The Hall–Kier alpha value is -2.38. The lowest BCUT2D eigenvalue weighted by Crippen LogP contribution is -2.26. The van der Waals surface area contributed by atoms with Crippen LogP contribution in [0.2, 0.25) is 0 Å². The first-order valence-electron chi connectivity index (χ1n) is 7.46. The highest BCUT2D eigenvalue weighted by Crippen LogP contribution is 2.25. The van der Waals surface area contributed by atoms with E-state index in [1.54, 1.807) is 35.6 Å². The lowest BCUT2D eigenvalue weighted by Gasteiger charge is -2.14. The summed E-state index contributed by atoms with van der Waals surface area (Å²) in [7, 11) is 0. The normalized spacial score (nSPS) is 11.9. The van der Waals surface area contributed by atoms with Gasteiger partial charge in [0.1, 0.15) is 0 Å². The highest BCUT2D eigenvalue weighted by Gasteiger charge is 2.17. The molecule has 3 heterocycles. The third kappa shape index (κ3) is 3.74. The Morgan fingerprint density at radius 1 is 1.17 bits per heavy atom. The van der Waals surface area contributed by atoms with Crippen molar-refractivity contribution in [2.45, 2.75) is 19.4 Å². The third-order valence-corrected chi connectivity index (χ3v) is 5.40. The van der Waals surface area contributed by atoms with E-state index in [2.05, 4.69) is 10.6 Å². The maximum Gasteiger partial charge on any atom is 0.291 e. The summed E-state index contributed by atoms with van der Waals surface area (Å²) in [6.07, 6.45) is 2.26. The average Bonchev–Trinajstić information content (AvgIpc) is 3.33. The first kappa shape index (κ1) is 16.5. The fourth-order valence-electron chi connectivity index (χ4n) is 2.20. The van der Waals surface area contributed by atoms with Crippen molar-refractivity contribution in [1.29, 1.82) is 0 Å². The lowest BCUT2D eigenvalue weighted by atomic mass is 10.2. The van der Waals surface area contributed by atoms with E-state index >= 15 is 0 Å². The number of carbonyl (C=O) groups is 2. The van der Waals surface area contributed by atoms with Crippen molar-refractivity contribution in [3.05, 3.63) is 63.6 Å². The van der Waals surface area contributed by atoms with Crippen LogP contribution in [0.4, 0.5) is 5.00 Å². The van der Waals surface area contributed by atoms with Crippen molar-refractivity contribution in [2.24, 2.45) is 0 Å². The summed E-state index contributed by atoms with van der Waals surface area (Å²) in [6.45, 7) is 2.04. The molecule has 2 N–H and O–H groups in total. The molecule has 0 aliphatic heterocycles. The minimum Gasteiger partial charge on any atom is -0.459 e. The van der Waals surface area contributed by atoms with Gasteiger partial charge in [-0.05, 0) is 42.1 Å². The zero-order valence-corrected chi connectivity index (χ0v) is 14.6. The Kier molecular flexibility index (Phi) is 5.12. The van der Waals surface area contributed by atoms with Crippen LogP contribution in [0.3, 0.4) is 0 Å². The fourth-order valence-corrected chi connectivity index (χ4v) is 3.87. The number of anilines is 1. The van der Waals surface area contributed by atoms with Crippen LogP contribution in [0.25, 0.3) is 0 Å². The van der Waals surface area contributed by atoms with E-state index in [4.69, 9.17) is 4.42 Å². The molecule has 124 valence electrons. The van der Waals surface area contributed by atoms with Crippen LogP contribution >= 0.6 is 22.7 Å². The Bertz CT molecular complexity index is 807. The van der Waals surface area contributed by atoms with E-state index in [1.165, 1.54) is 17.6 Å². The second kappa shape index (κ2) is 7.46. The molecule has 0 aromatic carbocycles. The summed E-state index contributed by atoms with van der Waals surface area (Å²) >= 11 is 2.86. The van der Waals surface area contributed by atoms with Crippen LogP contribution < -0.4 is 10.6 Å². The van der Waals surface area contributed by atoms with Gasteiger partial charge < -0.3 is 15.1 Å². The quantitative estimate of drug-likeness (QED) is 0.678. The highest BCUT2D eigenvalue weighted by atomic mass is 32.1. The molecule has 1 atom stereocenters. The summed E-state index contributed by atoms with van der Waals surface area (Å²) in [5.41, 5.74) is 0. The average molecular weight is 360 g/mol. The zero-order chi connectivity index (χ0) is 16.9. The maximum absolute atomic E-state index is 12.4. The second-order valence-corrected chi connectivity index (χ2v) is 7.11. The van der Waals surface area contributed by atoms with Crippen molar-refractivity contribution >= 4 is 39.5 Å². The van der Waals surface area contributed by atoms with Gasteiger partial charge in [0, 0.05) is 4.88 Å². The number of furan rings is 1. The largest absolute Gasteiger partial charge is 0.459 e. The van der Waals surface area contributed by atoms with Gasteiger partial charge in [0.05, 0.1) is 22.2 Å². The zero-order valence-electron chi connectivity index (χ0n) is 12.9. The summed E-state index contributed by atoms with van der Waals surface area (Å²) in [5.74, 6) is -0.240. The van der Waals surface area contributed by atoms with Gasteiger partial charge >= 0.3 is 0 Å². The Balaban J connectivity index is 1.64. The van der Waals surface area contributed by atoms with E-state index in [0.717, 1.165) is 11.3 Å². The summed E-state index contributed by atoms with van der Waals surface area (Å²) in [5, 5.41) is 8.35. The van der Waals surface area contributed by atoms with Crippen molar-refractivity contribution < 1.29 is 14.0 Å². The van der Waals surface area contributed by atoms with E-state index in [1.807, 2.05) is 24.4 Å². The van der Waals surface area contributed by atoms with Crippen molar-refractivity contribution in [3.8, 4) is 0 Å².